The maximum atomic E-state index is 6.05. The first kappa shape index (κ1) is 15.6. The standard InChI is InChI=1S/C16H16ClNO2S/c1-11-5-6-14(17)15(9-11)20-8-7-19-13-4-2-3-12(10-13)16(18)21/h2-6,9-10H,7-8H2,1H3,(H2,18,21). The molecule has 0 unspecified atom stereocenters. The highest BCUT2D eigenvalue weighted by atomic mass is 35.5. The molecule has 0 heterocycles. The van der Waals surface area contributed by atoms with Crippen molar-refractivity contribution >= 4 is 28.8 Å². The Morgan fingerprint density at radius 1 is 1.14 bits per heavy atom. The zero-order chi connectivity index (χ0) is 15.2. The van der Waals surface area contributed by atoms with Gasteiger partial charge in [-0.2, -0.15) is 0 Å². The first-order chi connectivity index (χ1) is 10.1. The fraction of sp³-hybridized carbons (Fsp3) is 0.188. The molecule has 0 saturated carbocycles. The summed E-state index contributed by atoms with van der Waals surface area (Å²) < 4.78 is 11.2. The molecule has 2 aromatic rings. The second-order valence-electron chi connectivity index (χ2n) is 4.52. The average molecular weight is 322 g/mol. The molecule has 21 heavy (non-hydrogen) atoms. The maximum Gasteiger partial charge on any atom is 0.138 e. The molecule has 5 heteroatoms. The van der Waals surface area contributed by atoms with E-state index in [-0.39, 0.29) is 0 Å². The Bertz CT molecular complexity index is 646. The third-order valence-corrected chi connectivity index (χ3v) is 3.36. The fourth-order valence-electron chi connectivity index (χ4n) is 1.77. The lowest BCUT2D eigenvalue weighted by atomic mass is 10.2. The molecule has 0 amide bonds. The summed E-state index contributed by atoms with van der Waals surface area (Å²) in [4.78, 5) is 0.350. The van der Waals surface area contributed by atoms with Gasteiger partial charge in [0.2, 0.25) is 0 Å². The minimum atomic E-state index is 0.350. The highest BCUT2D eigenvalue weighted by molar-refractivity contribution is 7.80. The van der Waals surface area contributed by atoms with Crippen molar-refractivity contribution in [3.05, 3.63) is 58.6 Å². The Hall–Kier alpha value is -1.78. The van der Waals surface area contributed by atoms with Gasteiger partial charge >= 0.3 is 0 Å². The van der Waals surface area contributed by atoms with E-state index in [1.807, 2.05) is 49.4 Å². The van der Waals surface area contributed by atoms with Crippen molar-refractivity contribution < 1.29 is 9.47 Å². The van der Waals surface area contributed by atoms with Crippen LogP contribution in [-0.2, 0) is 0 Å². The van der Waals surface area contributed by atoms with Gasteiger partial charge < -0.3 is 15.2 Å². The van der Waals surface area contributed by atoms with Crippen molar-refractivity contribution in [2.24, 2.45) is 5.73 Å². The van der Waals surface area contributed by atoms with E-state index in [9.17, 15) is 0 Å². The Morgan fingerprint density at radius 3 is 2.67 bits per heavy atom. The van der Waals surface area contributed by atoms with Crippen LogP contribution in [0.1, 0.15) is 11.1 Å². The quantitative estimate of drug-likeness (QED) is 0.650. The van der Waals surface area contributed by atoms with E-state index in [0.29, 0.717) is 34.7 Å². The second kappa shape index (κ2) is 7.29. The van der Waals surface area contributed by atoms with E-state index in [0.717, 1.165) is 11.1 Å². The maximum absolute atomic E-state index is 6.05. The third-order valence-electron chi connectivity index (χ3n) is 2.81. The highest BCUT2D eigenvalue weighted by Gasteiger charge is 2.03. The zero-order valence-corrected chi connectivity index (χ0v) is 13.2. The molecule has 0 fully saturated rings. The number of hydrogen-bond donors (Lipinski definition) is 1. The number of nitrogens with two attached hydrogens (primary N) is 1. The van der Waals surface area contributed by atoms with Gasteiger partial charge in [-0.15, -0.1) is 0 Å². The number of benzene rings is 2. The number of thiocarbonyl (C=S) groups is 1. The molecular weight excluding hydrogens is 306 g/mol. The van der Waals surface area contributed by atoms with Gasteiger partial charge in [-0.1, -0.05) is 42.0 Å². The van der Waals surface area contributed by atoms with E-state index in [1.54, 1.807) is 0 Å². The SMILES string of the molecule is Cc1ccc(Cl)c(OCCOc2cccc(C(N)=S)c2)c1. The first-order valence-corrected chi connectivity index (χ1v) is 7.26. The lowest BCUT2D eigenvalue weighted by Crippen LogP contribution is -2.11. The summed E-state index contributed by atoms with van der Waals surface area (Å²) >= 11 is 11.0. The summed E-state index contributed by atoms with van der Waals surface area (Å²) in [6.45, 7) is 2.80. The fourth-order valence-corrected chi connectivity index (χ4v) is 2.07. The van der Waals surface area contributed by atoms with Gasteiger partial charge in [0.05, 0.1) is 5.02 Å². The van der Waals surface area contributed by atoms with Crippen molar-refractivity contribution in [1.82, 2.24) is 0 Å². The zero-order valence-electron chi connectivity index (χ0n) is 11.6. The molecule has 0 aliphatic carbocycles. The highest BCUT2D eigenvalue weighted by Crippen LogP contribution is 2.25. The Balaban J connectivity index is 1.86. The van der Waals surface area contributed by atoms with Crippen molar-refractivity contribution in [3.8, 4) is 11.5 Å². The molecule has 0 aromatic heterocycles. The number of hydrogen-bond acceptors (Lipinski definition) is 3. The number of aryl methyl sites for hydroxylation is 1. The molecule has 2 rings (SSSR count). The average Bonchev–Trinajstić information content (AvgIpc) is 2.47. The largest absolute Gasteiger partial charge is 0.490 e. The van der Waals surface area contributed by atoms with Gasteiger partial charge in [-0.05, 0) is 36.8 Å². The molecule has 0 spiro atoms. The van der Waals surface area contributed by atoms with E-state index in [1.165, 1.54) is 0 Å². The van der Waals surface area contributed by atoms with Gasteiger partial charge in [0.25, 0.3) is 0 Å². The van der Waals surface area contributed by atoms with Gasteiger partial charge in [-0.25, -0.2) is 0 Å². The summed E-state index contributed by atoms with van der Waals surface area (Å²) in [6.07, 6.45) is 0. The van der Waals surface area contributed by atoms with Crippen LogP contribution in [0.15, 0.2) is 42.5 Å². The summed E-state index contributed by atoms with van der Waals surface area (Å²) in [7, 11) is 0. The topological polar surface area (TPSA) is 44.5 Å². The van der Waals surface area contributed by atoms with Crippen molar-refractivity contribution in [1.29, 1.82) is 0 Å². The van der Waals surface area contributed by atoms with Crippen LogP contribution in [0.4, 0.5) is 0 Å². The number of ether oxygens (including phenoxy) is 2. The monoisotopic (exact) mass is 321 g/mol. The van der Waals surface area contributed by atoms with Gasteiger partial charge in [-0.3, -0.25) is 0 Å². The molecule has 2 N–H and O–H groups in total. The van der Waals surface area contributed by atoms with Crippen LogP contribution in [0.25, 0.3) is 0 Å². The Kier molecular flexibility index (Phi) is 5.42. The van der Waals surface area contributed by atoms with E-state index in [4.69, 9.17) is 39.0 Å². The predicted molar refractivity (Wildman–Crippen MR) is 89.5 cm³/mol. The molecule has 3 nitrogen and oxygen atoms in total. The lowest BCUT2D eigenvalue weighted by Gasteiger charge is -2.10. The van der Waals surface area contributed by atoms with Gasteiger partial charge in [0, 0.05) is 5.56 Å². The molecule has 0 atom stereocenters. The molecule has 0 saturated heterocycles. The summed E-state index contributed by atoms with van der Waals surface area (Å²) in [5.74, 6) is 1.37. The van der Waals surface area contributed by atoms with Crippen LogP contribution in [0.2, 0.25) is 5.02 Å². The molecule has 0 aliphatic heterocycles. The lowest BCUT2D eigenvalue weighted by molar-refractivity contribution is 0.217. The number of rotatable bonds is 6. The summed E-state index contributed by atoms with van der Waals surface area (Å²) in [5, 5.41) is 0.594. The smallest absolute Gasteiger partial charge is 0.138 e. The molecule has 2 aromatic carbocycles. The molecule has 0 radical (unpaired) electrons. The number of halogens is 1. The van der Waals surface area contributed by atoms with Gasteiger partial charge in [0.1, 0.15) is 29.7 Å². The van der Waals surface area contributed by atoms with E-state index >= 15 is 0 Å². The first-order valence-electron chi connectivity index (χ1n) is 6.48. The molecular formula is C16H16ClNO2S. The second-order valence-corrected chi connectivity index (χ2v) is 5.37. The Morgan fingerprint density at radius 2 is 1.90 bits per heavy atom. The van der Waals surface area contributed by atoms with Crippen LogP contribution in [0.3, 0.4) is 0 Å². The molecule has 0 bridgehead atoms. The van der Waals surface area contributed by atoms with E-state index < -0.39 is 0 Å². The minimum Gasteiger partial charge on any atom is -0.490 e. The predicted octanol–water partition coefficient (Wildman–Crippen LogP) is 3.74. The molecule has 0 aliphatic rings. The molecule has 110 valence electrons. The van der Waals surface area contributed by atoms with Crippen LogP contribution < -0.4 is 15.2 Å². The van der Waals surface area contributed by atoms with Crippen LogP contribution in [0.5, 0.6) is 11.5 Å². The van der Waals surface area contributed by atoms with E-state index in [2.05, 4.69) is 0 Å². The minimum absolute atomic E-state index is 0.350. The van der Waals surface area contributed by atoms with Crippen LogP contribution in [-0.4, -0.2) is 18.2 Å². The summed E-state index contributed by atoms with van der Waals surface area (Å²) in [6, 6.07) is 13.0. The summed E-state index contributed by atoms with van der Waals surface area (Å²) in [5.41, 5.74) is 7.46. The van der Waals surface area contributed by atoms with Crippen molar-refractivity contribution in [2.45, 2.75) is 6.92 Å². The normalized spacial score (nSPS) is 10.2. The van der Waals surface area contributed by atoms with Crippen molar-refractivity contribution in [2.75, 3.05) is 13.2 Å². The van der Waals surface area contributed by atoms with Crippen LogP contribution in [0, 0.1) is 6.92 Å². The van der Waals surface area contributed by atoms with Gasteiger partial charge in [0.15, 0.2) is 0 Å². The Labute approximate surface area is 134 Å². The van der Waals surface area contributed by atoms with Crippen LogP contribution >= 0.6 is 23.8 Å². The van der Waals surface area contributed by atoms with Crippen molar-refractivity contribution in [3.63, 3.8) is 0 Å². The third kappa shape index (κ3) is 4.62.